The number of nitrogens with zero attached hydrogens (tertiary/aromatic N) is 2. The van der Waals surface area contributed by atoms with Gasteiger partial charge in [0.05, 0.1) is 10.0 Å². The van der Waals surface area contributed by atoms with Crippen molar-refractivity contribution in [2.24, 2.45) is 0 Å². The minimum atomic E-state index is -0.448. The number of carbonyl (C=O) groups excluding carboxylic acids is 1. The molecule has 0 aliphatic rings. The highest BCUT2D eigenvalue weighted by Gasteiger charge is 2.15. The van der Waals surface area contributed by atoms with Gasteiger partial charge in [-0.3, -0.25) is 4.79 Å². The Kier molecular flexibility index (Phi) is 5.20. The molecule has 0 aliphatic carbocycles. The molecule has 0 fully saturated rings. The lowest BCUT2D eigenvalue weighted by Gasteiger charge is -1.99. The van der Waals surface area contributed by atoms with Crippen molar-refractivity contribution < 1.29 is 13.7 Å². The number of aryl methyl sites for hydroxylation is 1. The van der Waals surface area contributed by atoms with Gasteiger partial charge in [0.2, 0.25) is 11.7 Å². The molecule has 4 nitrogen and oxygen atoms in total. The Morgan fingerprint density at radius 3 is 2.62 bits per heavy atom. The van der Waals surface area contributed by atoms with Crippen molar-refractivity contribution in [1.82, 2.24) is 10.1 Å². The van der Waals surface area contributed by atoms with Crippen molar-refractivity contribution in [2.45, 2.75) is 12.8 Å². The van der Waals surface area contributed by atoms with Crippen LogP contribution in [-0.4, -0.2) is 15.9 Å². The van der Waals surface area contributed by atoms with Crippen molar-refractivity contribution in [2.75, 3.05) is 0 Å². The van der Waals surface area contributed by atoms with Gasteiger partial charge in [0.25, 0.3) is 0 Å². The first-order valence-electron chi connectivity index (χ1n) is 7.10. The van der Waals surface area contributed by atoms with Gasteiger partial charge in [-0.1, -0.05) is 39.3 Å². The van der Waals surface area contributed by atoms with Gasteiger partial charge in [0, 0.05) is 22.9 Å². The van der Waals surface area contributed by atoms with E-state index in [4.69, 9.17) is 4.52 Å². The molecule has 0 saturated heterocycles. The van der Waals surface area contributed by atoms with Crippen LogP contribution in [0.2, 0.25) is 0 Å². The first-order valence-corrected chi connectivity index (χ1v) is 8.69. The van der Waals surface area contributed by atoms with E-state index in [1.165, 1.54) is 0 Å². The van der Waals surface area contributed by atoms with Crippen molar-refractivity contribution in [3.8, 4) is 11.4 Å². The number of carbonyl (C=O) groups is 1. The summed E-state index contributed by atoms with van der Waals surface area (Å²) in [5, 5.41) is 3.79. The van der Waals surface area contributed by atoms with Crippen LogP contribution in [0.3, 0.4) is 0 Å². The summed E-state index contributed by atoms with van der Waals surface area (Å²) in [6, 6.07) is 12.0. The zero-order valence-corrected chi connectivity index (χ0v) is 15.5. The second-order valence-corrected chi connectivity index (χ2v) is 6.81. The van der Waals surface area contributed by atoms with Crippen LogP contribution in [0, 0.1) is 5.82 Å². The van der Waals surface area contributed by atoms with Gasteiger partial charge in [-0.05, 0) is 40.2 Å². The molecule has 3 aromatic rings. The van der Waals surface area contributed by atoms with E-state index < -0.39 is 5.82 Å². The highest BCUT2D eigenvalue weighted by Crippen LogP contribution is 2.26. The third kappa shape index (κ3) is 3.79. The number of benzene rings is 2. The molecule has 0 spiro atoms. The largest absolute Gasteiger partial charge is 0.339 e. The maximum absolute atomic E-state index is 14.0. The summed E-state index contributed by atoms with van der Waals surface area (Å²) < 4.78 is 20.4. The molecule has 0 atom stereocenters. The van der Waals surface area contributed by atoms with E-state index in [9.17, 15) is 9.18 Å². The first kappa shape index (κ1) is 17.0. The fourth-order valence-electron chi connectivity index (χ4n) is 2.14. The van der Waals surface area contributed by atoms with Gasteiger partial charge >= 0.3 is 0 Å². The number of ketones is 1. The first-order chi connectivity index (χ1) is 11.5. The summed E-state index contributed by atoms with van der Waals surface area (Å²) in [7, 11) is 0. The lowest BCUT2D eigenvalue weighted by Crippen LogP contribution is -2.01. The summed E-state index contributed by atoms with van der Waals surface area (Å²) in [6.07, 6.45) is 0.543. The maximum Gasteiger partial charge on any atom is 0.227 e. The number of rotatable bonds is 5. The third-order valence-electron chi connectivity index (χ3n) is 3.39. The van der Waals surface area contributed by atoms with Gasteiger partial charge in [0.1, 0.15) is 5.82 Å². The molecule has 1 aromatic heterocycles. The van der Waals surface area contributed by atoms with E-state index in [0.717, 1.165) is 4.47 Å². The lowest BCUT2D eigenvalue weighted by atomic mass is 10.1. The van der Waals surface area contributed by atoms with E-state index in [1.54, 1.807) is 30.3 Å². The van der Waals surface area contributed by atoms with Crippen LogP contribution in [0.4, 0.5) is 4.39 Å². The van der Waals surface area contributed by atoms with Crippen LogP contribution in [0.1, 0.15) is 22.7 Å². The predicted octanol–water partition coefficient (Wildman–Crippen LogP) is 5.22. The minimum absolute atomic E-state index is 0.0177. The Labute approximate surface area is 154 Å². The molecule has 0 radical (unpaired) electrons. The Hall–Kier alpha value is -1.86. The van der Waals surface area contributed by atoms with Gasteiger partial charge in [-0.2, -0.15) is 4.98 Å². The SMILES string of the molecule is O=C(CCc1nc(-c2cccc(Br)c2F)no1)c1ccc(Br)cc1. The van der Waals surface area contributed by atoms with Crippen LogP contribution in [0.5, 0.6) is 0 Å². The summed E-state index contributed by atoms with van der Waals surface area (Å²) in [5.41, 5.74) is 0.870. The van der Waals surface area contributed by atoms with Crippen LogP contribution in [0.25, 0.3) is 11.4 Å². The zero-order chi connectivity index (χ0) is 17.1. The molecule has 0 amide bonds. The molecule has 0 aliphatic heterocycles. The molecular formula is C17H11Br2FN2O2. The fourth-order valence-corrected chi connectivity index (χ4v) is 2.77. The molecule has 7 heteroatoms. The van der Waals surface area contributed by atoms with Gasteiger partial charge < -0.3 is 4.52 Å². The third-order valence-corrected chi connectivity index (χ3v) is 4.53. The highest BCUT2D eigenvalue weighted by atomic mass is 79.9. The van der Waals surface area contributed by atoms with Crippen LogP contribution < -0.4 is 0 Å². The fraction of sp³-hybridized carbons (Fsp3) is 0.118. The van der Waals surface area contributed by atoms with E-state index in [-0.39, 0.29) is 23.6 Å². The van der Waals surface area contributed by atoms with Gasteiger partial charge in [-0.15, -0.1) is 0 Å². The van der Waals surface area contributed by atoms with E-state index in [1.807, 2.05) is 12.1 Å². The molecule has 2 aromatic carbocycles. The summed E-state index contributed by atoms with van der Waals surface area (Å²) in [4.78, 5) is 16.3. The quantitative estimate of drug-likeness (QED) is 0.497. The maximum atomic E-state index is 14.0. The number of hydrogen-bond donors (Lipinski definition) is 0. The molecular weight excluding hydrogens is 443 g/mol. The number of Topliss-reactive ketones (excluding diaryl/α,β-unsaturated/α-hetero) is 1. The van der Waals surface area contributed by atoms with Crippen molar-refractivity contribution in [1.29, 1.82) is 0 Å². The minimum Gasteiger partial charge on any atom is -0.339 e. The van der Waals surface area contributed by atoms with Crippen molar-refractivity contribution >= 4 is 37.6 Å². The average Bonchev–Trinajstić information content (AvgIpc) is 3.04. The summed E-state index contributed by atoms with van der Waals surface area (Å²) >= 11 is 6.45. The molecule has 0 saturated carbocycles. The molecule has 122 valence electrons. The van der Waals surface area contributed by atoms with E-state index in [2.05, 4.69) is 42.0 Å². The number of aromatic nitrogens is 2. The van der Waals surface area contributed by atoms with Crippen molar-refractivity contribution in [3.05, 3.63) is 68.7 Å². The van der Waals surface area contributed by atoms with Gasteiger partial charge in [0.15, 0.2) is 5.78 Å². The van der Waals surface area contributed by atoms with Crippen molar-refractivity contribution in [3.63, 3.8) is 0 Å². The van der Waals surface area contributed by atoms with E-state index >= 15 is 0 Å². The average molecular weight is 454 g/mol. The smallest absolute Gasteiger partial charge is 0.227 e. The predicted molar refractivity (Wildman–Crippen MR) is 94.2 cm³/mol. The van der Waals surface area contributed by atoms with Crippen LogP contribution in [0.15, 0.2) is 55.9 Å². The standard InChI is InChI=1S/C17H11Br2FN2O2/c18-11-6-4-10(5-7-11)14(23)8-9-15-21-17(22-24-15)12-2-1-3-13(19)16(12)20/h1-7H,8-9H2. The molecule has 0 unspecified atom stereocenters. The molecule has 3 rings (SSSR count). The zero-order valence-electron chi connectivity index (χ0n) is 12.3. The van der Waals surface area contributed by atoms with Crippen LogP contribution in [-0.2, 0) is 6.42 Å². The Morgan fingerprint density at radius 1 is 1.12 bits per heavy atom. The van der Waals surface area contributed by atoms with Crippen LogP contribution >= 0.6 is 31.9 Å². The van der Waals surface area contributed by atoms with Gasteiger partial charge in [-0.25, -0.2) is 4.39 Å². The monoisotopic (exact) mass is 452 g/mol. The lowest BCUT2D eigenvalue weighted by molar-refractivity contribution is 0.0979. The molecule has 24 heavy (non-hydrogen) atoms. The number of hydrogen-bond acceptors (Lipinski definition) is 4. The summed E-state index contributed by atoms with van der Waals surface area (Å²) in [5.74, 6) is 0.00130. The molecule has 0 N–H and O–H groups in total. The number of halogens is 3. The summed E-state index contributed by atoms with van der Waals surface area (Å²) in [6.45, 7) is 0. The highest BCUT2D eigenvalue weighted by molar-refractivity contribution is 9.10. The second kappa shape index (κ2) is 7.36. The second-order valence-electron chi connectivity index (χ2n) is 5.04. The Balaban J connectivity index is 1.69. The normalized spacial score (nSPS) is 10.8. The topological polar surface area (TPSA) is 56.0 Å². The van der Waals surface area contributed by atoms with E-state index in [0.29, 0.717) is 22.3 Å². The Morgan fingerprint density at radius 2 is 1.88 bits per heavy atom. The Bertz CT molecular complexity index is 879. The molecule has 0 bridgehead atoms. The molecule has 1 heterocycles.